The predicted octanol–water partition coefficient (Wildman–Crippen LogP) is 4.86. The van der Waals surface area contributed by atoms with Crippen LogP contribution in [-0.4, -0.2) is 23.5 Å². The molecule has 0 fully saturated rings. The summed E-state index contributed by atoms with van der Waals surface area (Å²) in [6, 6.07) is -0.195. The first kappa shape index (κ1) is 20.0. The molecule has 120 valence electrons. The van der Waals surface area contributed by atoms with E-state index in [1.807, 2.05) is 11.5 Å². The second kappa shape index (κ2) is 17.1. The zero-order valence-electron chi connectivity index (χ0n) is 13.4. The molecule has 0 radical (unpaired) electrons. The summed E-state index contributed by atoms with van der Waals surface area (Å²) in [6.07, 6.45) is 17.2. The molecule has 0 saturated carbocycles. The van der Waals surface area contributed by atoms with Crippen LogP contribution < -0.4 is 5.73 Å². The molecule has 0 aliphatic rings. The van der Waals surface area contributed by atoms with Gasteiger partial charge in [-0.15, -0.1) is 11.8 Å². The van der Waals surface area contributed by atoms with Gasteiger partial charge in [0.25, 0.3) is 0 Å². The summed E-state index contributed by atoms with van der Waals surface area (Å²) >= 11 is 1.80. The van der Waals surface area contributed by atoms with E-state index < -0.39 is 0 Å². The fourth-order valence-corrected chi connectivity index (χ4v) is 2.95. The molecule has 0 aromatic rings. The van der Waals surface area contributed by atoms with Gasteiger partial charge in [0, 0.05) is 6.04 Å². The predicted molar refractivity (Wildman–Crippen MR) is 93.1 cm³/mol. The lowest BCUT2D eigenvalue weighted by Gasteiger charge is -2.02. The number of hydrogen-bond acceptors (Lipinski definition) is 3. The zero-order valence-corrected chi connectivity index (χ0v) is 14.2. The van der Waals surface area contributed by atoms with E-state index in [1.54, 1.807) is 11.8 Å². The van der Waals surface area contributed by atoms with E-state index in [-0.39, 0.29) is 12.6 Å². The van der Waals surface area contributed by atoms with Gasteiger partial charge in [0.1, 0.15) is 0 Å². The molecule has 0 bridgehead atoms. The molecule has 3 N–H and O–H groups in total. The standard InChI is InChI=1S/C17H35NOS/c1-2-3-4-5-6-7-8-9-10-11-12-14-20-15-13-17(18)16-19/h13,15,17,19H,2-12,14,16,18H2,1H3/b15-13+. The van der Waals surface area contributed by atoms with Crippen LogP contribution >= 0.6 is 11.8 Å². The first-order valence-electron chi connectivity index (χ1n) is 8.46. The average molecular weight is 302 g/mol. The van der Waals surface area contributed by atoms with Gasteiger partial charge in [0.15, 0.2) is 0 Å². The molecule has 0 rings (SSSR count). The fraction of sp³-hybridized carbons (Fsp3) is 0.882. The van der Waals surface area contributed by atoms with Gasteiger partial charge in [-0.3, -0.25) is 0 Å². The van der Waals surface area contributed by atoms with E-state index in [0.717, 1.165) is 0 Å². The maximum atomic E-state index is 8.75. The Kier molecular flexibility index (Phi) is 17.1. The topological polar surface area (TPSA) is 46.2 Å². The van der Waals surface area contributed by atoms with Crippen LogP contribution in [0.1, 0.15) is 77.6 Å². The number of aliphatic hydroxyl groups excluding tert-OH is 1. The van der Waals surface area contributed by atoms with Crippen LogP contribution in [0, 0.1) is 0 Å². The van der Waals surface area contributed by atoms with Crippen LogP contribution in [0.25, 0.3) is 0 Å². The summed E-state index contributed by atoms with van der Waals surface area (Å²) in [7, 11) is 0. The molecule has 0 saturated heterocycles. The number of hydrogen-bond donors (Lipinski definition) is 2. The van der Waals surface area contributed by atoms with E-state index in [9.17, 15) is 0 Å². The van der Waals surface area contributed by atoms with Gasteiger partial charge in [0.2, 0.25) is 0 Å². The van der Waals surface area contributed by atoms with Crippen LogP contribution in [-0.2, 0) is 0 Å². The molecule has 0 spiro atoms. The molecule has 1 atom stereocenters. The number of thioether (sulfide) groups is 1. The van der Waals surface area contributed by atoms with Crippen molar-refractivity contribution in [2.24, 2.45) is 5.73 Å². The Hall–Kier alpha value is 0.01000. The minimum atomic E-state index is -0.195. The minimum absolute atomic E-state index is 0.0372. The highest BCUT2D eigenvalue weighted by molar-refractivity contribution is 8.02. The number of unbranched alkanes of at least 4 members (excludes halogenated alkanes) is 10. The van der Waals surface area contributed by atoms with Crippen molar-refractivity contribution in [3.63, 3.8) is 0 Å². The summed E-state index contributed by atoms with van der Waals surface area (Å²) in [5, 5.41) is 10.8. The zero-order chi connectivity index (χ0) is 14.9. The van der Waals surface area contributed by atoms with Gasteiger partial charge < -0.3 is 10.8 Å². The van der Waals surface area contributed by atoms with Crippen LogP contribution in [0.5, 0.6) is 0 Å². The fourth-order valence-electron chi connectivity index (χ4n) is 2.13. The molecule has 0 heterocycles. The minimum Gasteiger partial charge on any atom is -0.394 e. The highest BCUT2D eigenvalue weighted by Crippen LogP contribution is 2.13. The van der Waals surface area contributed by atoms with Crippen LogP contribution in [0.4, 0.5) is 0 Å². The number of nitrogens with two attached hydrogens (primary N) is 1. The van der Waals surface area contributed by atoms with E-state index in [4.69, 9.17) is 10.8 Å². The van der Waals surface area contributed by atoms with Gasteiger partial charge in [-0.1, -0.05) is 77.2 Å². The van der Waals surface area contributed by atoms with Crippen molar-refractivity contribution in [3.8, 4) is 0 Å². The molecule has 1 unspecified atom stereocenters. The molecule has 2 nitrogen and oxygen atoms in total. The van der Waals surface area contributed by atoms with E-state index in [0.29, 0.717) is 0 Å². The molecule has 3 heteroatoms. The van der Waals surface area contributed by atoms with E-state index >= 15 is 0 Å². The van der Waals surface area contributed by atoms with Crippen molar-refractivity contribution in [1.29, 1.82) is 0 Å². The lowest BCUT2D eigenvalue weighted by Crippen LogP contribution is -2.20. The largest absolute Gasteiger partial charge is 0.394 e. The molecule has 0 amide bonds. The number of aliphatic hydroxyl groups is 1. The first-order valence-corrected chi connectivity index (χ1v) is 9.50. The monoisotopic (exact) mass is 301 g/mol. The van der Waals surface area contributed by atoms with Gasteiger partial charge in [-0.25, -0.2) is 0 Å². The third-order valence-electron chi connectivity index (χ3n) is 3.50. The summed E-state index contributed by atoms with van der Waals surface area (Å²) < 4.78 is 0. The normalized spacial score (nSPS) is 13.2. The summed E-state index contributed by atoms with van der Waals surface area (Å²) in [4.78, 5) is 0. The lowest BCUT2D eigenvalue weighted by atomic mass is 10.1. The molecule has 0 aliphatic heterocycles. The maximum absolute atomic E-state index is 8.75. The number of rotatable bonds is 15. The molecule has 0 aromatic carbocycles. The van der Waals surface area contributed by atoms with Crippen molar-refractivity contribution in [3.05, 3.63) is 11.5 Å². The third-order valence-corrected chi connectivity index (χ3v) is 4.37. The average Bonchev–Trinajstić information content (AvgIpc) is 2.47. The van der Waals surface area contributed by atoms with Crippen LogP contribution in [0.15, 0.2) is 11.5 Å². The Bertz CT molecular complexity index is 209. The maximum Gasteiger partial charge on any atom is 0.0618 e. The van der Waals surface area contributed by atoms with Crippen molar-refractivity contribution >= 4 is 11.8 Å². The molecule has 20 heavy (non-hydrogen) atoms. The van der Waals surface area contributed by atoms with Gasteiger partial charge >= 0.3 is 0 Å². The van der Waals surface area contributed by atoms with Crippen molar-refractivity contribution in [1.82, 2.24) is 0 Å². The lowest BCUT2D eigenvalue weighted by molar-refractivity contribution is 0.284. The van der Waals surface area contributed by atoms with Gasteiger partial charge in [0.05, 0.1) is 6.61 Å². The smallest absolute Gasteiger partial charge is 0.0618 e. The van der Waals surface area contributed by atoms with E-state index in [2.05, 4.69) is 6.92 Å². The Balaban J connectivity index is 3.04. The second-order valence-corrected chi connectivity index (χ2v) is 6.60. The molecular formula is C17H35NOS. The van der Waals surface area contributed by atoms with Crippen LogP contribution in [0.2, 0.25) is 0 Å². The Morgan fingerprint density at radius 2 is 1.40 bits per heavy atom. The van der Waals surface area contributed by atoms with Gasteiger partial charge in [-0.2, -0.15) is 0 Å². The summed E-state index contributed by atoms with van der Waals surface area (Å²) in [5.41, 5.74) is 5.57. The summed E-state index contributed by atoms with van der Waals surface area (Å²) in [5.74, 6) is 1.17. The van der Waals surface area contributed by atoms with Crippen molar-refractivity contribution in [2.45, 2.75) is 83.6 Å². The highest BCUT2D eigenvalue weighted by atomic mass is 32.2. The Morgan fingerprint density at radius 1 is 0.900 bits per heavy atom. The Morgan fingerprint density at radius 3 is 1.90 bits per heavy atom. The first-order chi connectivity index (χ1) is 9.81. The quantitative estimate of drug-likeness (QED) is 0.424. The molecule has 0 aliphatic carbocycles. The molecule has 0 aromatic heterocycles. The third kappa shape index (κ3) is 16.1. The summed E-state index contributed by atoms with van der Waals surface area (Å²) in [6.45, 7) is 2.31. The Labute approximate surface area is 130 Å². The van der Waals surface area contributed by atoms with Gasteiger partial charge in [-0.05, 0) is 17.6 Å². The van der Waals surface area contributed by atoms with Crippen molar-refractivity contribution in [2.75, 3.05) is 12.4 Å². The highest BCUT2D eigenvalue weighted by Gasteiger charge is 1.94. The van der Waals surface area contributed by atoms with Crippen molar-refractivity contribution < 1.29 is 5.11 Å². The second-order valence-electron chi connectivity index (χ2n) is 5.58. The SMILES string of the molecule is CCCCCCCCCCCCCS/C=C/C(N)CO. The molecular weight excluding hydrogens is 266 g/mol. The van der Waals surface area contributed by atoms with Crippen LogP contribution in [0.3, 0.4) is 0 Å². The van der Waals surface area contributed by atoms with E-state index in [1.165, 1.54) is 76.4 Å².